The maximum atomic E-state index is 6.06. The Hall–Kier alpha value is -1.20. The van der Waals surface area contributed by atoms with Crippen molar-refractivity contribution in [3.8, 4) is 0 Å². The van der Waals surface area contributed by atoms with Gasteiger partial charge in [0.25, 0.3) is 0 Å². The third kappa shape index (κ3) is 2.47. The molecule has 2 rings (SSSR count). The summed E-state index contributed by atoms with van der Waals surface area (Å²) in [7, 11) is 1.86. The second kappa shape index (κ2) is 5.20. The molecule has 1 heterocycles. The molecule has 1 aromatic heterocycles. The lowest BCUT2D eigenvalue weighted by Crippen LogP contribution is -2.01. The average Bonchev–Trinajstić information content (AvgIpc) is 2.59. The molecule has 0 amide bonds. The fraction of sp³-hybridized carbons (Fsp3) is 0.250. The third-order valence-corrected chi connectivity index (χ3v) is 3.57. The van der Waals surface area contributed by atoms with Crippen LogP contribution in [0.3, 0.4) is 0 Å². The molecule has 0 aliphatic heterocycles. The van der Waals surface area contributed by atoms with Gasteiger partial charge < -0.3 is 11.1 Å². The van der Waals surface area contributed by atoms with E-state index in [1.807, 2.05) is 32.2 Å². The summed E-state index contributed by atoms with van der Waals surface area (Å²) in [5.74, 6) is 0.787. The fourth-order valence-corrected chi connectivity index (χ4v) is 2.51. The summed E-state index contributed by atoms with van der Waals surface area (Å²) in [6, 6.07) is 5.55. The Morgan fingerprint density at radius 3 is 2.78 bits per heavy atom. The lowest BCUT2D eigenvalue weighted by Gasteiger charge is -2.09. The second-order valence-corrected chi connectivity index (χ2v) is 5.23. The summed E-state index contributed by atoms with van der Waals surface area (Å²) in [5.41, 5.74) is 8.53. The lowest BCUT2D eigenvalue weighted by molar-refractivity contribution is 0.753. The van der Waals surface area contributed by atoms with Gasteiger partial charge in [-0.2, -0.15) is 5.10 Å². The highest BCUT2D eigenvalue weighted by Crippen LogP contribution is 2.31. The van der Waals surface area contributed by atoms with Gasteiger partial charge in [-0.3, -0.25) is 4.68 Å². The molecule has 3 N–H and O–H groups in total. The van der Waals surface area contributed by atoms with Gasteiger partial charge in [0.2, 0.25) is 0 Å². The van der Waals surface area contributed by atoms with Crippen molar-refractivity contribution in [1.29, 1.82) is 0 Å². The number of halogens is 2. The number of nitrogens with one attached hydrogen (secondary N) is 1. The molecule has 0 atom stereocenters. The van der Waals surface area contributed by atoms with E-state index in [0.717, 1.165) is 28.1 Å². The Morgan fingerprint density at radius 1 is 1.50 bits per heavy atom. The molecule has 0 aliphatic rings. The van der Waals surface area contributed by atoms with Gasteiger partial charge in [0.05, 0.1) is 17.1 Å². The molecule has 2 aromatic rings. The topological polar surface area (TPSA) is 55.9 Å². The van der Waals surface area contributed by atoms with Crippen LogP contribution in [0.4, 0.5) is 17.2 Å². The van der Waals surface area contributed by atoms with Gasteiger partial charge in [0.1, 0.15) is 0 Å². The maximum Gasteiger partial charge on any atom is 0.152 e. The molecule has 0 saturated carbocycles. The molecule has 18 heavy (non-hydrogen) atoms. The SMILES string of the molecule is CCc1nn(C)c(Nc2ccc(Cl)cc2Br)c1N. The number of nitrogens with zero attached hydrogens (tertiary/aromatic N) is 2. The summed E-state index contributed by atoms with van der Waals surface area (Å²) < 4.78 is 2.63. The van der Waals surface area contributed by atoms with E-state index in [-0.39, 0.29) is 0 Å². The molecule has 0 radical (unpaired) electrons. The highest BCUT2D eigenvalue weighted by atomic mass is 79.9. The van der Waals surface area contributed by atoms with Gasteiger partial charge in [0.15, 0.2) is 5.82 Å². The molecule has 6 heteroatoms. The summed E-state index contributed by atoms with van der Waals surface area (Å²) in [6.07, 6.45) is 0.809. The van der Waals surface area contributed by atoms with Crippen LogP contribution in [0.25, 0.3) is 0 Å². The predicted octanol–water partition coefficient (Wildman–Crippen LogP) is 3.72. The zero-order valence-corrected chi connectivity index (χ0v) is 12.5. The first-order valence-corrected chi connectivity index (χ1v) is 6.73. The predicted molar refractivity (Wildman–Crippen MR) is 79.4 cm³/mol. The minimum absolute atomic E-state index is 0.680. The molecule has 0 saturated heterocycles. The molecule has 0 bridgehead atoms. The van der Waals surface area contributed by atoms with Gasteiger partial charge in [-0.25, -0.2) is 0 Å². The monoisotopic (exact) mass is 328 g/mol. The van der Waals surface area contributed by atoms with Crippen LogP contribution in [0.1, 0.15) is 12.6 Å². The molecular formula is C12H14BrClN4. The number of rotatable bonds is 3. The quantitative estimate of drug-likeness (QED) is 0.902. The highest BCUT2D eigenvalue weighted by Gasteiger charge is 2.13. The van der Waals surface area contributed by atoms with Crippen LogP contribution in [-0.2, 0) is 13.5 Å². The van der Waals surface area contributed by atoms with Crippen LogP contribution in [-0.4, -0.2) is 9.78 Å². The van der Waals surface area contributed by atoms with Crippen molar-refractivity contribution in [3.63, 3.8) is 0 Å². The Labute approximate surface area is 119 Å². The van der Waals surface area contributed by atoms with Crippen molar-refractivity contribution in [2.24, 2.45) is 7.05 Å². The van der Waals surface area contributed by atoms with Crippen LogP contribution in [0.15, 0.2) is 22.7 Å². The largest absolute Gasteiger partial charge is 0.394 e. The highest BCUT2D eigenvalue weighted by molar-refractivity contribution is 9.10. The van der Waals surface area contributed by atoms with Gasteiger partial charge in [0, 0.05) is 16.5 Å². The van der Waals surface area contributed by atoms with Crippen molar-refractivity contribution in [3.05, 3.63) is 33.4 Å². The molecule has 0 unspecified atom stereocenters. The molecule has 96 valence electrons. The van der Waals surface area contributed by atoms with E-state index in [1.54, 1.807) is 4.68 Å². The normalized spacial score (nSPS) is 10.7. The molecule has 0 fully saturated rings. The van der Waals surface area contributed by atoms with Crippen molar-refractivity contribution < 1.29 is 0 Å². The first kappa shape index (κ1) is 13.2. The number of aromatic nitrogens is 2. The summed E-state index contributed by atoms with van der Waals surface area (Å²) >= 11 is 9.37. The van der Waals surface area contributed by atoms with Crippen molar-refractivity contribution in [2.45, 2.75) is 13.3 Å². The number of nitrogen functional groups attached to an aromatic ring is 1. The van der Waals surface area contributed by atoms with E-state index < -0.39 is 0 Å². The van der Waals surface area contributed by atoms with Crippen molar-refractivity contribution >= 4 is 44.7 Å². The Kier molecular flexibility index (Phi) is 3.82. The van der Waals surface area contributed by atoms with E-state index >= 15 is 0 Å². The smallest absolute Gasteiger partial charge is 0.152 e. The van der Waals surface area contributed by atoms with E-state index in [2.05, 4.69) is 26.3 Å². The number of hydrogen-bond acceptors (Lipinski definition) is 3. The van der Waals surface area contributed by atoms with E-state index in [1.165, 1.54) is 0 Å². The van der Waals surface area contributed by atoms with E-state index in [0.29, 0.717) is 10.7 Å². The fourth-order valence-electron chi connectivity index (χ4n) is 1.72. The average molecular weight is 330 g/mol. The standard InChI is InChI=1S/C12H14BrClN4/c1-3-9-11(15)12(18(2)17-9)16-10-5-4-7(14)6-8(10)13/h4-6,16H,3,15H2,1-2H3. The number of anilines is 3. The van der Waals surface area contributed by atoms with Crippen molar-refractivity contribution in [2.75, 3.05) is 11.1 Å². The van der Waals surface area contributed by atoms with Crippen LogP contribution in [0, 0.1) is 0 Å². The Balaban J connectivity index is 2.37. The lowest BCUT2D eigenvalue weighted by atomic mass is 10.3. The van der Waals surface area contributed by atoms with Crippen LogP contribution in [0.5, 0.6) is 0 Å². The zero-order valence-electron chi connectivity index (χ0n) is 10.2. The van der Waals surface area contributed by atoms with Gasteiger partial charge in [-0.05, 0) is 40.5 Å². The van der Waals surface area contributed by atoms with E-state index in [9.17, 15) is 0 Å². The summed E-state index contributed by atoms with van der Waals surface area (Å²) in [5, 5.41) is 8.30. The molecular weight excluding hydrogens is 316 g/mol. The number of nitrogens with two attached hydrogens (primary N) is 1. The number of benzene rings is 1. The Morgan fingerprint density at radius 2 is 2.22 bits per heavy atom. The first-order chi connectivity index (χ1) is 8.52. The summed E-state index contributed by atoms with van der Waals surface area (Å²) in [4.78, 5) is 0. The van der Waals surface area contributed by atoms with Gasteiger partial charge in [-0.15, -0.1) is 0 Å². The number of aryl methyl sites for hydroxylation is 2. The molecule has 1 aromatic carbocycles. The Bertz CT molecular complexity index is 580. The minimum atomic E-state index is 0.680. The van der Waals surface area contributed by atoms with Crippen LogP contribution >= 0.6 is 27.5 Å². The molecule has 0 aliphatic carbocycles. The number of hydrogen-bond donors (Lipinski definition) is 2. The zero-order chi connectivity index (χ0) is 13.3. The van der Waals surface area contributed by atoms with Crippen molar-refractivity contribution in [1.82, 2.24) is 9.78 Å². The minimum Gasteiger partial charge on any atom is -0.394 e. The maximum absolute atomic E-state index is 6.06. The van der Waals surface area contributed by atoms with Crippen LogP contribution in [0.2, 0.25) is 5.02 Å². The summed E-state index contributed by atoms with van der Waals surface area (Å²) in [6.45, 7) is 2.03. The van der Waals surface area contributed by atoms with E-state index in [4.69, 9.17) is 17.3 Å². The van der Waals surface area contributed by atoms with Gasteiger partial charge >= 0.3 is 0 Å². The van der Waals surface area contributed by atoms with Crippen LogP contribution < -0.4 is 11.1 Å². The molecule has 4 nitrogen and oxygen atoms in total. The van der Waals surface area contributed by atoms with Gasteiger partial charge in [-0.1, -0.05) is 18.5 Å². The first-order valence-electron chi connectivity index (χ1n) is 5.56. The molecule has 0 spiro atoms. The second-order valence-electron chi connectivity index (χ2n) is 3.94. The third-order valence-electron chi connectivity index (χ3n) is 2.68.